The topological polar surface area (TPSA) is 85.0 Å². The van der Waals surface area contributed by atoms with Crippen LogP contribution in [-0.2, 0) is 9.47 Å². The zero-order valence-corrected chi connectivity index (χ0v) is 12.4. The number of nitrogens with two attached hydrogens (primary N) is 1. The fourth-order valence-electron chi connectivity index (χ4n) is 2.40. The van der Waals surface area contributed by atoms with Gasteiger partial charge in [-0.1, -0.05) is 0 Å². The van der Waals surface area contributed by atoms with Gasteiger partial charge in [-0.3, -0.25) is 0 Å². The molecule has 0 aliphatic carbocycles. The number of hydrogen-bond donors (Lipinski definition) is 2. The van der Waals surface area contributed by atoms with Crippen LogP contribution in [-0.4, -0.2) is 49.6 Å². The van der Waals surface area contributed by atoms with Gasteiger partial charge in [0.05, 0.1) is 42.9 Å². The third-order valence-corrected chi connectivity index (χ3v) is 3.56. The van der Waals surface area contributed by atoms with E-state index in [0.29, 0.717) is 31.0 Å². The number of carbonyl (C=O) groups excluding carboxylic acids is 1. The summed E-state index contributed by atoms with van der Waals surface area (Å²) < 4.78 is 10.5. The Morgan fingerprint density at radius 1 is 1.57 bits per heavy atom. The van der Waals surface area contributed by atoms with Gasteiger partial charge in [-0.2, -0.15) is 0 Å². The van der Waals surface area contributed by atoms with E-state index in [2.05, 4.69) is 4.90 Å². The molecule has 2 rings (SSSR count). The van der Waals surface area contributed by atoms with Crippen LogP contribution in [0.1, 0.15) is 24.2 Å². The quantitative estimate of drug-likeness (QED) is 0.637. The molecule has 116 valence electrons. The SMILES string of the molecule is CCOC(=O)c1ccc(N)c(N2CC(CO)OCC2C)c1. The number of ether oxygens (including phenoxy) is 2. The van der Waals surface area contributed by atoms with E-state index >= 15 is 0 Å². The minimum absolute atomic E-state index is 0.0410. The molecule has 0 aromatic heterocycles. The van der Waals surface area contributed by atoms with Gasteiger partial charge >= 0.3 is 5.97 Å². The maximum Gasteiger partial charge on any atom is 0.338 e. The van der Waals surface area contributed by atoms with Crippen LogP contribution in [0.3, 0.4) is 0 Å². The first kappa shape index (κ1) is 15.6. The number of morpholine rings is 1. The molecule has 0 spiro atoms. The van der Waals surface area contributed by atoms with Crippen molar-refractivity contribution < 1.29 is 19.4 Å². The lowest BCUT2D eigenvalue weighted by atomic mass is 10.1. The maximum atomic E-state index is 11.8. The highest BCUT2D eigenvalue weighted by Gasteiger charge is 2.27. The zero-order chi connectivity index (χ0) is 15.4. The molecule has 1 aliphatic heterocycles. The van der Waals surface area contributed by atoms with Crippen LogP contribution in [0.4, 0.5) is 11.4 Å². The van der Waals surface area contributed by atoms with Crippen LogP contribution in [0, 0.1) is 0 Å². The van der Waals surface area contributed by atoms with Crippen molar-refractivity contribution in [2.75, 3.05) is 37.0 Å². The second kappa shape index (κ2) is 6.78. The average Bonchev–Trinajstić information content (AvgIpc) is 2.49. The molecule has 3 N–H and O–H groups in total. The molecule has 1 aromatic carbocycles. The van der Waals surface area contributed by atoms with Gasteiger partial charge in [0.1, 0.15) is 0 Å². The number of nitrogen functional groups attached to an aromatic ring is 1. The predicted octanol–water partition coefficient (Wildman–Crippen LogP) is 1.03. The van der Waals surface area contributed by atoms with E-state index in [1.165, 1.54) is 0 Å². The number of benzene rings is 1. The molecular formula is C15H22N2O4. The molecule has 1 saturated heterocycles. The summed E-state index contributed by atoms with van der Waals surface area (Å²) in [7, 11) is 0. The second-order valence-electron chi connectivity index (χ2n) is 5.13. The second-order valence-corrected chi connectivity index (χ2v) is 5.13. The number of hydrogen-bond acceptors (Lipinski definition) is 6. The van der Waals surface area contributed by atoms with Crippen LogP contribution in [0.15, 0.2) is 18.2 Å². The van der Waals surface area contributed by atoms with E-state index in [-0.39, 0.29) is 24.7 Å². The van der Waals surface area contributed by atoms with E-state index in [9.17, 15) is 9.90 Å². The highest BCUT2D eigenvalue weighted by molar-refractivity contribution is 5.92. The normalized spacial score (nSPS) is 22.1. The number of aliphatic hydroxyl groups is 1. The van der Waals surface area contributed by atoms with E-state index in [0.717, 1.165) is 5.69 Å². The van der Waals surface area contributed by atoms with Gasteiger partial charge < -0.3 is 25.2 Å². The van der Waals surface area contributed by atoms with E-state index < -0.39 is 0 Å². The molecule has 1 aliphatic rings. The number of aliphatic hydroxyl groups excluding tert-OH is 1. The first-order valence-corrected chi connectivity index (χ1v) is 7.12. The Morgan fingerprint density at radius 2 is 2.33 bits per heavy atom. The standard InChI is InChI=1S/C15H22N2O4/c1-3-20-15(19)11-4-5-13(16)14(6-11)17-7-12(8-18)21-9-10(17)2/h4-6,10,12,18H,3,7-9,16H2,1-2H3. The van der Waals surface area contributed by atoms with Crippen LogP contribution in [0.25, 0.3) is 0 Å². The fourth-order valence-corrected chi connectivity index (χ4v) is 2.40. The Hall–Kier alpha value is -1.79. The largest absolute Gasteiger partial charge is 0.462 e. The van der Waals surface area contributed by atoms with Crippen LogP contribution < -0.4 is 10.6 Å². The van der Waals surface area contributed by atoms with Crippen LogP contribution >= 0.6 is 0 Å². The van der Waals surface area contributed by atoms with Gasteiger partial charge in [-0.05, 0) is 32.0 Å². The van der Waals surface area contributed by atoms with Gasteiger partial charge in [0.2, 0.25) is 0 Å². The van der Waals surface area contributed by atoms with Crippen molar-refractivity contribution in [1.82, 2.24) is 0 Å². The van der Waals surface area contributed by atoms with Gasteiger partial charge in [-0.25, -0.2) is 4.79 Å². The maximum absolute atomic E-state index is 11.8. The molecule has 0 saturated carbocycles. The fraction of sp³-hybridized carbons (Fsp3) is 0.533. The molecule has 2 atom stereocenters. The Balaban J connectivity index is 2.28. The van der Waals surface area contributed by atoms with Crippen molar-refractivity contribution in [3.8, 4) is 0 Å². The highest BCUT2D eigenvalue weighted by atomic mass is 16.5. The summed E-state index contributed by atoms with van der Waals surface area (Å²) in [4.78, 5) is 13.9. The molecule has 2 unspecified atom stereocenters. The number of carbonyl (C=O) groups is 1. The first-order chi connectivity index (χ1) is 10.1. The number of nitrogens with zero attached hydrogens (tertiary/aromatic N) is 1. The molecule has 6 nitrogen and oxygen atoms in total. The average molecular weight is 294 g/mol. The van der Waals surface area contributed by atoms with Gasteiger partial charge in [0.25, 0.3) is 0 Å². The Kier molecular flexibility index (Phi) is 5.03. The van der Waals surface area contributed by atoms with Crippen molar-refractivity contribution in [3.63, 3.8) is 0 Å². The van der Waals surface area contributed by atoms with Gasteiger partial charge in [-0.15, -0.1) is 0 Å². The zero-order valence-electron chi connectivity index (χ0n) is 12.4. The molecule has 21 heavy (non-hydrogen) atoms. The van der Waals surface area contributed by atoms with Crippen molar-refractivity contribution in [2.24, 2.45) is 0 Å². The molecule has 0 radical (unpaired) electrons. The molecule has 1 heterocycles. The third kappa shape index (κ3) is 3.46. The number of rotatable bonds is 4. The van der Waals surface area contributed by atoms with Crippen molar-refractivity contribution in [1.29, 1.82) is 0 Å². The lowest BCUT2D eigenvalue weighted by molar-refractivity contribution is -0.0102. The highest BCUT2D eigenvalue weighted by Crippen LogP contribution is 2.29. The Labute approximate surface area is 124 Å². The van der Waals surface area contributed by atoms with Gasteiger partial charge in [0.15, 0.2) is 0 Å². The smallest absolute Gasteiger partial charge is 0.338 e. The molecule has 1 aromatic rings. The molecule has 1 fully saturated rings. The Bertz CT molecular complexity index is 506. The minimum Gasteiger partial charge on any atom is -0.462 e. The number of esters is 1. The van der Waals surface area contributed by atoms with E-state index in [1.54, 1.807) is 25.1 Å². The molecule has 6 heteroatoms. The number of anilines is 2. The summed E-state index contributed by atoms with van der Waals surface area (Å²) in [6.45, 7) is 5.12. The molecule has 0 bridgehead atoms. The minimum atomic E-state index is -0.363. The van der Waals surface area contributed by atoms with Gasteiger partial charge in [0, 0.05) is 12.6 Å². The lowest BCUT2D eigenvalue weighted by Gasteiger charge is -2.39. The van der Waals surface area contributed by atoms with Crippen molar-refractivity contribution >= 4 is 17.3 Å². The monoisotopic (exact) mass is 294 g/mol. The Morgan fingerprint density at radius 3 is 3.00 bits per heavy atom. The van der Waals surface area contributed by atoms with Crippen molar-refractivity contribution in [3.05, 3.63) is 23.8 Å². The summed E-state index contributed by atoms with van der Waals surface area (Å²) in [5.41, 5.74) is 7.88. The van der Waals surface area contributed by atoms with Crippen LogP contribution in [0.2, 0.25) is 0 Å². The van der Waals surface area contributed by atoms with Crippen molar-refractivity contribution in [2.45, 2.75) is 26.0 Å². The lowest BCUT2D eigenvalue weighted by Crippen LogP contribution is -2.49. The predicted molar refractivity (Wildman–Crippen MR) is 80.4 cm³/mol. The summed E-state index contributed by atoms with van der Waals surface area (Å²) >= 11 is 0. The third-order valence-electron chi connectivity index (χ3n) is 3.56. The molecule has 0 amide bonds. The van der Waals surface area contributed by atoms with E-state index in [4.69, 9.17) is 15.2 Å². The summed E-state index contributed by atoms with van der Waals surface area (Å²) in [6, 6.07) is 5.22. The summed E-state index contributed by atoms with van der Waals surface area (Å²) in [5, 5.41) is 9.27. The van der Waals surface area contributed by atoms with Crippen LogP contribution in [0.5, 0.6) is 0 Å². The first-order valence-electron chi connectivity index (χ1n) is 7.12. The summed E-state index contributed by atoms with van der Waals surface area (Å²) in [6.07, 6.45) is -0.244. The van der Waals surface area contributed by atoms with E-state index in [1.807, 2.05) is 6.92 Å². The summed E-state index contributed by atoms with van der Waals surface area (Å²) in [5.74, 6) is -0.363. The molecular weight excluding hydrogens is 272 g/mol.